The van der Waals surface area contributed by atoms with Gasteiger partial charge in [-0.2, -0.15) is 0 Å². The van der Waals surface area contributed by atoms with Crippen molar-refractivity contribution >= 4 is 28.0 Å². The van der Waals surface area contributed by atoms with Crippen molar-refractivity contribution < 1.29 is 14.3 Å². The van der Waals surface area contributed by atoms with Crippen LogP contribution in [0.3, 0.4) is 0 Å². The summed E-state index contributed by atoms with van der Waals surface area (Å²) in [5.74, 6) is -0.0520. The van der Waals surface area contributed by atoms with Crippen LogP contribution in [0.5, 0.6) is 0 Å². The van der Waals surface area contributed by atoms with Crippen molar-refractivity contribution in [3.63, 3.8) is 0 Å². The van der Waals surface area contributed by atoms with Crippen LogP contribution in [-0.2, 0) is 6.54 Å². The molecule has 2 aromatic rings. The van der Waals surface area contributed by atoms with Crippen molar-refractivity contribution in [1.82, 2.24) is 20.1 Å². The first-order chi connectivity index (χ1) is 12.8. The van der Waals surface area contributed by atoms with Crippen molar-refractivity contribution in [3.8, 4) is 0 Å². The van der Waals surface area contributed by atoms with E-state index in [0.29, 0.717) is 35.5 Å². The lowest BCUT2D eigenvalue weighted by Gasteiger charge is -2.34. The summed E-state index contributed by atoms with van der Waals surface area (Å²) in [7, 11) is 0. The number of rotatable bonds is 4. The number of amides is 1. The second kappa shape index (κ2) is 8.03. The van der Waals surface area contributed by atoms with Crippen LogP contribution in [0.1, 0.15) is 24.1 Å². The summed E-state index contributed by atoms with van der Waals surface area (Å²) in [4.78, 5) is 25.5. The fourth-order valence-corrected chi connectivity index (χ4v) is 3.54. The van der Waals surface area contributed by atoms with Crippen LogP contribution in [0.4, 0.5) is 15.1 Å². The molecule has 1 saturated heterocycles. The lowest BCUT2D eigenvalue weighted by molar-refractivity contribution is 0.188. The average molecular weight is 440 g/mol. The van der Waals surface area contributed by atoms with Gasteiger partial charge in [0.05, 0.1) is 6.54 Å². The first kappa shape index (κ1) is 19.3. The summed E-state index contributed by atoms with van der Waals surface area (Å²) in [6, 6.07) is 4.02. The molecule has 1 aliphatic rings. The molecule has 1 unspecified atom stereocenters. The van der Waals surface area contributed by atoms with E-state index in [1.165, 1.54) is 16.7 Å². The molecular formula is C17H19BrFN5O3. The number of nitrogens with zero attached hydrogens (tertiary/aromatic N) is 4. The molecule has 1 aromatic heterocycles. The Kier molecular flexibility index (Phi) is 5.73. The van der Waals surface area contributed by atoms with Gasteiger partial charge in [-0.05, 0) is 43.5 Å². The molecule has 2 N–H and O–H groups in total. The number of piperidine rings is 1. The predicted octanol–water partition coefficient (Wildman–Crippen LogP) is 2.13. The van der Waals surface area contributed by atoms with E-state index in [4.69, 9.17) is 5.11 Å². The van der Waals surface area contributed by atoms with Crippen molar-refractivity contribution in [2.24, 2.45) is 0 Å². The van der Waals surface area contributed by atoms with E-state index in [1.54, 1.807) is 13.0 Å². The molecule has 0 radical (unpaired) electrons. The molecule has 1 aliphatic heterocycles. The molecule has 10 heteroatoms. The maximum absolute atomic E-state index is 13.6. The van der Waals surface area contributed by atoms with Crippen LogP contribution in [0.15, 0.2) is 27.5 Å². The van der Waals surface area contributed by atoms with Gasteiger partial charge < -0.3 is 15.3 Å². The van der Waals surface area contributed by atoms with Crippen LogP contribution in [0.25, 0.3) is 0 Å². The minimum absolute atomic E-state index is 0.121. The Morgan fingerprint density at radius 2 is 2.22 bits per heavy atom. The van der Waals surface area contributed by atoms with Gasteiger partial charge in [0.15, 0.2) is 0 Å². The SMILES string of the molecule is Cc1nnc(N2CCCC(NC(=O)O)C2)n(Cc2cc(F)ccc2Br)c1=O. The number of nitrogens with one attached hydrogen (secondary N) is 1. The summed E-state index contributed by atoms with van der Waals surface area (Å²) in [6.45, 7) is 2.70. The predicted molar refractivity (Wildman–Crippen MR) is 101 cm³/mol. The Balaban J connectivity index is 1.96. The third-order valence-electron chi connectivity index (χ3n) is 4.45. The molecule has 1 amide bonds. The first-order valence-corrected chi connectivity index (χ1v) is 9.27. The Morgan fingerprint density at radius 3 is 2.96 bits per heavy atom. The third kappa shape index (κ3) is 4.44. The first-order valence-electron chi connectivity index (χ1n) is 8.47. The van der Waals surface area contributed by atoms with E-state index in [0.717, 1.165) is 6.42 Å². The van der Waals surface area contributed by atoms with Gasteiger partial charge in [-0.3, -0.25) is 9.36 Å². The zero-order valence-corrected chi connectivity index (χ0v) is 16.2. The number of carbonyl (C=O) groups is 1. The maximum Gasteiger partial charge on any atom is 0.404 e. The molecule has 2 heterocycles. The normalized spacial score (nSPS) is 17.0. The topological polar surface area (TPSA) is 100 Å². The summed E-state index contributed by atoms with van der Waals surface area (Å²) >= 11 is 3.38. The highest BCUT2D eigenvalue weighted by molar-refractivity contribution is 9.10. The molecule has 0 spiro atoms. The number of hydrogen-bond acceptors (Lipinski definition) is 5. The molecule has 1 atom stereocenters. The van der Waals surface area contributed by atoms with E-state index in [9.17, 15) is 14.0 Å². The van der Waals surface area contributed by atoms with E-state index in [2.05, 4.69) is 31.4 Å². The zero-order chi connectivity index (χ0) is 19.6. The van der Waals surface area contributed by atoms with Crippen molar-refractivity contribution in [2.75, 3.05) is 18.0 Å². The number of halogens is 2. The Hall–Kier alpha value is -2.49. The van der Waals surface area contributed by atoms with Crippen LogP contribution in [0.2, 0.25) is 0 Å². The highest BCUT2D eigenvalue weighted by Gasteiger charge is 2.25. The number of aromatic nitrogens is 3. The van der Waals surface area contributed by atoms with Gasteiger partial charge in [0.25, 0.3) is 5.56 Å². The van der Waals surface area contributed by atoms with Crippen LogP contribution in [0, 0.1) is 12.7 Å². The second-order valence-corrected chi connectivity index (χ2v) is 7.30. The molecule has 0 aliphatic carbocycles. The monoisotopic (exact) mass is 439 g/mol. The minimum Gasteiger partial charge on any atom is -0.465 e. The van der Waals surface area contributed by atoms with Crippen LogP contribution < -0.4 is 15.8 Å². The lowest BCUT2D eigenvalue weighted by atomic mass is 10.1. The summed E-state index contributed by atoms with van der Waals surface area (Å²) in [5.41, 5.74) is 0.524. The third-order valence-corrected chi connectivity index (χ3v) is 5.23. The van der Waals surface area contributed by atoms with E-state index >= 15 is 0 Å². The fourth-order valence-electron chi connectivity index (χ4n) is 3.17. The van der Waals surface area contributed by atoms with E-state index < -0.39 is 11.9 Å². The highest BCUT2D eigenvalue weighted by Crippen LogP contribution is 2.22. The van der Waals surface area contributed by atoms with E-state index in [1.807, 2.05) is 4.90 Å². The van der Waals surface area contributed by atoms with Gasteiger partial charge in [0.1, 0.15) is 11.5 Å². The molecule has 1 aromatic carbocycles. The van der Waals surface area contributed by atoms with E-state index in [-0.39, 0.29) is 23.8 Å². The lowest BCUT2D eigenvalue weighted by Crippen LogP contribution is -2.49. The number of benzene rings is 1. The number of carboxylic acid groups (broad SMARTS) is 1. The quantitative estimate of drug-likeness (QED) is 0.756. The number of aryl methyl sites for hydroxylation is 1. The van der Waals surface area contributed by atoms with Gasteiger partial charge in [-0.1, -0.05) is 15.9 Å². The number of hydrogen-bond donors (Lipinski definition) is 2. The molecule has 27 heavy (non-hydrogen) atoms. The van der Waals surface area contributed by atoms with Crippen LogP contribution >= 0.6 is 15.9 Å². The summed E-state index contributed by atoms with van der Waals surface area (Å²) in [5, 5.41) is 19.5. The largest absolute Gasteiger partial charge is 0.465 e. The second-order valence-electron chi connectivity index (χ2n) is 6.45. The van der Waals surface area contributed by atoms with Gasteiger partial charge in [0, 0.05) is 23.6 Å². The standard InChI is InChI=1S/C17H19BrFN5O3/c1-10-15(25)24(8-11-7-12(19)4-5-14(11)18)16(22-21-10)23-6-2-3-13(9-23)20-17(26)27/h4-5,7,13,20H,2-3,6,8-9H2,1H3,(H,26,27). The van der Waals surface area contributed by atoms with Gasteiger partial charge >= 0.3 is 6.09 Å². The molecule has 0 bridgehead atoms. The van der Waals surface area contributed by atoms with Crippen molar-refractivity contribution in [1.29, 1.82) is 0 Å². The smallest absolute Gasteiger partial charge is 0.404 e. The van der Waals surface area contributed by atoms with Crippen molar-refractivity contribution in [2.45, 2.75) is 32.4 Å². The maximum atomic E-state index is 13.6. The van der Waals surface area contributed by atoms with Gasteiger partial charge in [0.2, 0.25) is 5.95 Å². The summed E-state index contributed by atoms with van der Waals surface area (Å²) in [6.07, 6.45) is 0.373. The molecule has 1 fully saturated rings. The van der Waals surface area contributed by atoms with Crippen LogP contribution in [-0.4, -0.2) is 45.1 Å². The Morgan fingerprint density at radius 1 is 1.44 bits per heavy atom. The highest BCUT2D eigenvalue weighted by atomic mass is 79.9. The molecular weight excluding hydrogens is 421 g/mol. The Labute approximate surface area is 163 Å². The summed E-state index contributed by atoms with van der Waals surface area (Å²) < 4.78 is 15.8. The molecule has 0 saturated carbocycles. The van der Waals surface area contributed by atoms with Crippen molar-refractivity contribution in [3.05, 3.63) is 50.1 Å². The van der Waals surface area contributed by atoms with Gasteiger partial charge in [-0.15, -0.1) is 10.2 Å². The number of anilines is 1. The molecule has 3 rings (SSSR count). The zero-order valence-electron chi connectivity index (χ0n) is 14.7. The van der Waals surface area contributed by atoms with Gasteiger partial charge in [-0.25, -0.2) is 9.18 Å². The fraction of sp³-hybridized carbons (Fsp3) is 0.412. The molecule has 144 valence electrons. The minimum atomic E-state index is -1.09. The Bertz CT molecular complexity index is 920. The molecule has 8 nitrogen and oxygen atoms in total. The average Bonchev–Trinajstić information content (AvgIpc) is 2.62.